The number of rotatable bonds is 1. The average molecular weight is 99.1 g/mol. The highest BCUT2D eigenvalue weighted by Gasteiger charge is 2.43. The second-order valence-corrected chi connectivity index (χ2v) is 2.03. The smallest absolute Gasteiger partial charge is 0.108 e. The molecule has 0 amide bonds. The van der Waals surface area contributed by atoms with Crippen LogP contribution in [0.4, 0.5) is 4.39 Å². The van der Waals surface area contributed by atoms with Gasteiger partial charge in [0, 0.05) is 0 Å². The van der Waals surface area contributed by atoms with Crippen molar-refractivity contribution in [1.29, 1.82) is 5.26 Å². The van der Waals surface area contributed by atoms with Crippen molar-refractivity contribution in [3.8, 4) is 6.07 Å². The highest BCUT2D eigenvalue weighted by Crippen LogP contribution is 2.44. The Labute approximate surface area is 41.8 Å². The van der Waals surface area contributed by atoms with Gasteiger partial charge in [0.25, 0.3) is 0 Å². The fourth-order valence-electron chi connectivity index (χ4n) is 0.426. The number of halogens is 1. The molecule has 0 aromatic carbocycles. The lowest BCUT2D eigenvalue weighted by molar-refractivity contribution is 0.404. The van der Waals surface area contributed by atoms with E-state index in [1.54, 1.807) is 0 Å². The van der Waals surface area contributed by atoms with Crippen molar-refractivity contribution in [3.63, 3.8) is 0 Å². The van der Waals surface area contributed by atoms with E-state index in [9.17, 15) is 4.39 Å². The number of alkyl halides is 1. The summed E-state index contributed by atoms with van der Waals surface area (Å²) in [5, 5.41) is 8.17. The number of nitrogens with zero attached hydrogens (tertiary/aromatic N) is 1. The third-order valence-corrected chi connectivity index (χ3v) is 1.35. The van der Waals surface area contributed by atoms with Gasteiger partial charge in [-0.1, -0.05) is 0 Å². The fraction of sp³-hybridized carbons (Fsp3) is 0.800. The predicted molar refractivity (Wildman–Crippen MR) is 23.3 cm³/mol. The van der Waals surface area contributed by atoms with Crippen molar-refractivity contribution in [2.24, 2.45) is 5.41 Å². The van der Waals surface area contributed by atoms with Crippen LogP contribution in [0.3, 0.4) is 0 Å². The molecule has 2 heteroatoms. The van der Waals surface area contributed by atoms with E-state index in [4.69, 9.17) is 5.26 Å². The number of hydrogen-bond donors (Lipinski definition) is 0. The van der Waals surface area contributed by atoms with Gasteiger partial charge in [-0.3, -0.25) is 0 Å². The molecule has 0 aliphatic heterocycles. The summed E-state index contributed by atoms with van der Waals surface area (Å²) in [6.45, 7) is -0.455. The molecule has 0 saturated heterocycles. The summed E-state index contributed by atoms with van der Waals surface area (Å²) in [5.41, 5.74) is -0.528. The molecule has 0 spiro atoms. The Morgan fingerprint density at radius 1 is 1.71 bits per heavy atom. The first kappa shape index (κ1) is 4.58. The SMILES string of the molecule is N#CC1(CF)CC1. The van der Waals surface area contributed by atoms with Gasteiger partial charge < -0.3 is 0 Å². The monoisotopic (exact) mass is 99.0 g/mol. The Hall–Kier alpha value is -0.580. The molecule has 1 aliphatic rings. The molecule has 0 N–H and O–H groups in total. The topological polar surface area (TPSA) is 23.8 Å². The van der Waals surface area contributed by atoms with Crippen LogP contribution in [0.1, 0.15) is 12.8 Å². The van der Waals surface area contributed by atoms with Crippen LogP contribution >= 0.6 is 0 Å². The van der Waals surface area contributed by atoms with Gasteiger partial charge in [-0.15, -0.1) is 0 Å². The lowest BCUT2D eigenvalue weighted by Gasteiger charge is -1.89. The van der Waals surface area contributed by atoms with Gasteiger partial charge in [0.15, 0.2) is 0 Å². The zero-order chi connectivity index (χ0) is 5.33. The van der Waals surface area contributed by atoms with Gasteiger partial charge >= 0.3 is 0 Å². The minimum Gasteiger partial charge on any atom is -0.249 e. The van der Waals surface area contributed by atoms with Crippen LogP contribution in [0.5, 0.6) is 0 Å². The molecule has 0 aromatic heterocycles. The van der Waals surface area contributed by atoms with Crippen molar-refractivity contribution >= 4 is 0 Å². The maximum absolute atomic E-state index is 11.6. The summed E-state index contributed by atoms with van der Waals surface area (Å²) in [6.07, 6.45) is 1.53. The number of hydrogen-bond acceptors (Lipinski definition) is 1. The van der Waals surface area contributed by atoms with Gasteiger partial charge in [-0.2, -0.15) is 5.26 Å². The Bertz CT molecular complexity index is 110. The van der Waals surface area contributed by atoms with Crippen LogP contribution in [-0.2, 0) is 0 Å². The summed E-state index contributed by atoms with van der Waals surface area (Å²) in [6, 6.07) is 1.93. The molecule has 0 radical (unpaired) electrons. The molecule has 7 heavy (non-hydrogen) atoms. The quantitative estimate of drug-likeness (QED) is 0.485. The first-order valence-electron chi connectivity index (χ1n) is 2.30. The average Bonchev–Trinajstić information content (AvgIpc) is 2.46. The van der Waals surface area contributed by atoms with Crippen molar-refractivity contribution < 1.29 is 4.39 Å². The Morgan fingerprint density at radius 2 is 2.29 bits per heavy atom. The second kappa shape index (κ2) is 1.19. The summed E-state index contributed by atoms with van der Waals surface area (Å²) in [5.74, 6) is 0. The van der Waals surface area contributed by atoms with E-state index in [1.807, 2.05) is 6.07 Å². The Morgan fingerprint density at radius 3 is 2.29 bits per heavy atom. The lowest BCUT2D eigenvalue weighted by Crippen LogP contribution is -1.95. The van der Waals surface area contributed by atoms with Crippen molar-refractivity contribution in [2.75, 3.05) is 6.67 Å². The summed E-state index contributed by atoms with van der Waals surface area (Å²) in [4.78, 5) is 0. The Balaban J connectivity index is 2.47. The minimum absolute atomic E-state index is 0.455. The largest absolute Gasteiger partial charge is 0.249 e. The maximum Gasteiger partial charge on any atom is 0.108 e. The van der Waals surface area contributed by atoms with Crippen LogP contribution in [0.2, 0.25) is 0 Å². The van der Waals surface area contributed by atoms with Crippen molar-refractivity contribution in [1.82, 2.24) is 0 Å². The van der Waals surface area contributed by atoms with Crippen LogP contribution < -0.4 is 0 Å². The standard InChI is InChI=1S/C5H6FN/c6-3-5(4-7)1-2-5/h1-3H2. The predicted octanol–water partition coefficient (Wildman–Crippen LogP) is 1.26. The molecular weight excluding hydrogens is 93.1 g/mol. The van der Waals surface area contributed by atoms with Gasteiger partial charge in [0.05, 0.1) is 11.5 Å². The number of nitriles is 1. The molecule has 0 atom stereocenters. The fourth-order valence-corrected chi connectivity index (χ4v) is 0.426. The van der Waals surface area contributed by atoms with Crippen LogP contribution in [0.25, 0.3) is 0 Å². The van der Waals surface area contributed by atoms with Gasteiger partial charge in [0.1, 0.15) is 6.67 Å². The molecular formula is C5H6FN. The van der Waals surface area contributed by atoms with Crippen LogP contribution in [0.15, 0.2) is 0 Å². The normalized spacial score (nSPS) is 23.4. The first-order chi connectivity index (χ1) is 3.33. The van der Waals surface area contributed by atoms with E-state index in [1.165, 1.54) is 0 Å². The highest BCUT2D eigenvalue weighted by atomic mass is 19.1. The molecule has 1 rings (SSSR count). The van der Waals surface area contributed by atoms with E-state index in [0.717, 1.165) is 12.8 Å². The van der Waals surface area contributed by atoms with Crippen LogP contribution in [0, 0.1) is 16.7 Å². The third-order valence-electron chi connectivity index (χ3n) is 1.35. The van der Waals surface area contributed by atoms with Gasteiger partial charge in [-0.05, 0) is 12.8 Å². The zero-order valence-corrected chi connectivity index (χ0v) is 3.95. The highest BCUT2D eigenvalue weighted by molar-refractivity contribution is 5.09. The molecule has 1 nitrogen and oxygen atoms in total. The van der Waals surface area contributed by atoms with Crippen LogP contribution in [-0.4, -0.2) is 6.67 Å². The summed E-state index contributed by atoms with van der Waals surface area (Å²) >= 11 is 0. The van der Waals surface area contributed by atoms with Gasteiger partial charge in [0.2, 0.25) is 0 Å². The van der Waals surface area contributed by atoms with E-state index in [-0.39, 0.29) is 0 Å². The van der Waals surface area contributed by atoms with E-state index in [0.29, 0.717) is 0 Å². The third kappa shape index (κ3) is 0.584. The molecule has 1 fully saturated rings. The lowest BCUT2D eigenvalue weighted by atomic mass is 10.2. The second-order valence-electron chi connectivity index (χ2n) is 2.03. The van der Waals surface area contributed by atoms with Crippen molar-refractivity contribution in [2.45, 2.75) is 12.8 Å². The first-order valence-corrected chi connectivity index (χ1v) is 2.30. The van der Waals surface area contributed by atoms with E-state index >= 15 is 0 Å². The molecule has 38 valence electrons. The molecule has 1 aliphatic carbocycles. The van der Waals surface area contributed by atoms with Crippen molar-refractivity contribution in [3.05, 3.63) is 0 Å². The molecule has 0 unspecified atom stereocenters. The maximum atomic E-state index is 11.6. The van der Waals surface area contributed by atoms with Gasteiger partial charge in [-0.25, -0.2) is 4.39 Å². The zero-order valence-electron chi connectivity index (χ0n) is 3.95. The minimum atomic E-state index is -0.528. The van der Waals surface area contributed by atoms with E-state index < -0.39 is 12.1 Å². The summed E-state index contributed by atoms with van der Waals surface area (Å²) < 4.78 is 11.6. The molecule has 0 bridgehead atoms. The van der Waals surface area contributed by atoms with E-state index in [2.05, 4.69) is 0 Å². The molecule has 0 aromatic rings. The summed E-state index contributed by atoms with van der Waals surface area (Å²) in [7, 11) is 0. The molecule has 0 heterocycles. The Kier molecular flexibility index (Phi) is 0.780. The molecule has 1 saturated carbocycles.